The van der Waals surface area contributed by atoms with Crippen LogP contribution >= 0.6 is 11.6 Å². The highest BCUT2D eigenvalue weighted by Crippen LogP contribution is 2.37. The van der Waals surface area contributed by atoms with Crippen molar-refractivity contribution < 1.29 is 22.7 Å². The van der Waals surface area contributed by atoms with Gasteiger partial charge in [-0.3, -0.25) is 14.0 Å². The fourth-order valence-corrected chi connectivity index (χ4v) is 4.91. The van der Waals surface area contributed by atoms with Crippen LogP contribution in [0.4, 0.5) is 5.69 Å². The van der Waals surface area contributed by atoms with Crippen LogP contribution in [-0.4, -0.2) is 64.4 Å². The van der Waals surface area contributed by atoms with Gasteiger partial charge in [0, 0.05) is 31.2 Å². The molecule has 10 heteroatoms. The first kappa shape index (κ1) is 22.8. The predicted molar refractivity (Wildman–Crippen MR) is 122 cm³/mol. The molecule has 32 heavy (non-hydrogen) atoms. The van der Waals surface area contributed by atoms with Gasteiger partial charge in [-0.15, -0.1) is 0 Å². The third kappa shape index (κ3) is 5.53. The molecule has 2 aliphatic heterocycles. The van der Waals surface area contributed by atoms with Crippen LogP contribution in [0.15, 0.2) is 42.5 Å². The second kappa shape index (κ2) is 9.66. The molecule has 0 saturated carbocycles. The molecule has 1 N–H and O–H groups in total. The highest BCUT2D eigenvalue weighted by molar-refractivity contribution is 7.92. The lowest BCUT2D eigenvalue weighted by Crippen LogP contribution is -2.50. The molecule has 2 heterocycles. The largest absolute Gasteiger partial charge is 0.476 e. The number of hydrogen-bond donors (Lipinski definition) is 1. The van der Waals surface area contributed by atoms with Crippen LogP contribution in [0.3, 0.4) is 0 Å². The molecular formula is C22H26ClN3O5S. The van der Waals surface area contributed by atoms with E-state index in [1.807, 2.05) is 12.1 Å². The van der Waals surface area contributed by atoms with Crippen molar-refractivity contribution >= 4 is 33.2 Å². The van der Waals surface area contributed by atoms with Gasteiger partial charge < -0.3 is 14.8 Å². The number of sulfonamides is 1. The number of halogens is 1. The van der Waals surface area contributed by atoms with Gasteiger partial charge in [0.1, 0.15) is 5.75 Å². The van der Waals surface area contributed by atoms with E-state index in [4.69, 9.17) is 21.1 Å². The zero-order valence-corrected chi connectivity index (χ0v) is 19.4. The first-order valence-corrected chi connectivity index (χ1v) is 12.6. The molecule has 172 valence electrons. The van der Waals surface area contributed by atoms with Gasteiger partial charge in [-0.2, -0.15) is 0 Å². The molecule has 1 amide bonds. The van der Waals surface area contributed by atoms with E-state index in [1.165, 1.54) is 11.6 Å². The van der Waals surface area contributed by atoms with Crippen molar-refractivity contribution in [1.82, 2.24) is 10.2 Å². The average molecular weight is 480 g/mol. The fourth-order valence-electron chi connectivity index (χ4n) is 3.83. The van der Waals surface area contributed by atoms with Crippen LogP contribution in [-0.2, 0) is 32.6 Å². The molecule has 0 radical (unpaired) electrons. The van der Waals surface area contributed by atoms with Crippen LogP contribution in [0, 0.1) is 0 Å². The zero-order valence-electron chi connectivity index (χ0n) is 17.8. The summed E-state index contributed by atoms with van der Waals surface area (Å²) in [5.41, 5.74) is 2.47. The average Bonchev–Trinajstić information content (AvgIpc) is 2.77. The number of nitrogens with zero attached hydrogens (tertiary/aromatic N) is 2. The number of morpholine rings is 1. The third-order valence-corrected chi connectivity index (χ3v) is 6.83. The van der Waals surface area contributed by atoms with Gasteiger partial charge >= 0.3 is 0 Å². The fraction of sp³-hybridized carbons (Fsp3) is 0.409. The van der Waals surface area contributed by atoms with Crippen LogP contribution in [0.25, 0.3) is 0 Å². The first-order chi connectivity index (χ1) is 15.3. The van der Waals surface area contributed by atoms with Gasteiger partial charge in [0.05, 0.1) is 31.7 Å². The normalized spacial score (nSPS) is 19.2. The lowest BCUT2D eigenvalue weighted by atomic mass is 10.1. The smallest absolute Gasteiger partial charge is 0.263 e. The van der Waals surface area contributed by atoms with E-state index in [-0.39, 0.29) is 12.5 Å². The Hall–Kier alpha value is -2.33. The number of carbonyl (C=O) groups is 1. The quantitative estimate of drug-likeness (QED) is 0.682. The number of hydrogen-bond acceptors (Lipinski definition) is 6. The van der Waals surface area contributed by atoms with Crippen LogP contribution in [0.5, 0.6) is 5.75 Å². The summed E-state index contributed by atoms with van der Waals surface area (Å²) in [4.78, 5) is 15.2. The Bertz CT molecular complexity index is 1090. The SMILES string of the molecule is CS(=O)(=O)N1C[C@@H](C(=O)NCc2cccc(CN3CCOCC3)c2)Oc2ccc(Cl)cc21. The van der Waals surface area contributed by atoms with Crippen LogP contribution in [0.2, 0.25) is 5.02 Å². The molecule has 2 aromatic carbocycles. The number of benzene rings is 2. The predicted octanol–water partition coefficient (Wildman–Crippen LogP) is 2.02. The van der Waals surface area contributed by atoms with E-state index in [2.05, 4.69) is 22.3 Å². The summed E-state index contributed by atoms with van der Waals surface area (Å²) in [7, 11) is -3.61. The Kier molecular flexibility index (Phi) is 6.90. The molecule has 0 unspecified atom stereocenters. The summed E-state index contributed by atoms with van der Waals surface area (Å²) in [6, 6.07) is 12.7. The van der Waals surface area contributed by atoms with Gasteiger partial charge in [0.25, 0.3) is 5.91 Å². The van der Waals surface area contributed by atoms with Gasteiger partial charge in [-0.1, -0.05) is 35.9 Å². The molecule has 1 atom stereocenters. The number of ether oxygens (including phenoxy) is 2. The third-order valence-electron chi connectivity index (χ3n) is 5.45. The molecule has 1 fully saturated rings. The second-order valence-corrected chi connectivity index (χ2v) is 10.3. The standard InChI is InChI=1S/C22H26ClN3O5S/c1-32(28,29)26-15-21(31-20-6-5-18(23)12-19(20)26)22(27)24-13-16-3-2-4-17(11-16)14-25-7-9-30-10-8-25/h2-6,11-12,21H,7-10,13-15H2,1H3,(H,24,27)/t21-/m0/s1. The molecular weight excluding hydrogens is 454 g/mol. The molecule has 8 nitrogen and oxygen atoms in total. The lowest BCUT2D eigenvalue weighted by Gasteiger charge is -2.34. The number of carbonyl (C=O) groups excluding carboxylic acids is 1. The lowest BCUT2D eigenvalue weighted by molar-refractivity contribution is -0.127. The Balaban J connectivity index is 1.41. The number of amides is 1. The summed E-state index contributed by atoms with van der Waals surface area (Å²) < 4.78 is 36.9. The van der Waals surface area contributed by atoms with Crippen molar-refractivity contribution in [3.63, 3.8) is 0 Å². The minimum absolute atomic E-state index is 0.116. The van der Waals surface area contributed by atoms with E-state index in [9.17, 15) is 13.2 Å². The number of rotatable bonds is 6. The highest BCUT2D eigenvalue weighted by Gasteiger charge is 2.35. The molecule has 2 aromatic rings. The van der Waals surface area contributed by atoms with E-state index in [1.54, 1.807) is 12.1 Å². The molecule has 0 aliphatic carbocycles. The van der Waals surface area contributed by atoms with Crippen molar-refractivity contribution in [2.24, 2.45) is 0 Å². The second-order valence-electron chi connectivity index (χ2n) is 7.94. The van der Waals surface area contributed by atoms with Crippen molar-refractivity contribution in [3.05, 3.63) is 58.6 Å². The summed E-state index contributed by atoms with van der Waals surface area (Å²) in [6.45, 7) is 4.34. The van der Waals surface area contributed by atoms with Crippen LogP contribution < -0.4 is 14.4 Å². The number of nitrogens with one attached hydrogen (secondary N) is 1. The topological polar surface area (TPSA) is 88.2 Å². The van der Waals surface area contributed by atoms with E-state index in [0.717, 1.165) is 49.0 Å². The summed E-state index contributed by atoms with van der Waals surface area (Å²) in [6.07, 6.45) is 0.132. The minimum Gasteiger partial charge on any atom is -0.476 e. The Morgan fingerprint density at radius 1 is 1.16 bits per heavy atom. The summed E-state index contributed by atoms with van der Waals surface area (Å²) in [5, 5.41) is 3.26. The maximum Gasteiger partial charge on any atom is 0.263 e. The van der Waals surface area contributed by atoms with E-state index >= 15 is 0 Å². The Morgan fingerprint density at radius 2 is 1.91 bits per heavy atom. The molecule has 0 bridgehead atoms. The maximum absolute atomic E-state index is 12.8. The minimum atomic E-state index is -3.61. The van der Waals surface area contributed by atoms with Gasteiger partial charge in [0.2, 0.25) is 10.0 Å². The first-order valence-electron chi connectivity index (χ1n) is 10.4. The summed E-state index contributed by atoms with van der Waals surface area (Å²) >= 11 is 6.02. The van der Waals surface area contributed by atoms with Crippen molar-refractivity contribution in [2.75, 3.05) is 43.4 Å². The van der Waals surface area contributed by atoms with Crippen molar-refractivity contribution in [3.8, 4) is 5.75 Å². The van der Waals surface area contributed by atoms with Crippen LogP contribution in [0.1, 0.15) is 11.1 Å². The Labute approximate surface area is 193 Å². The molecule has 0 spiro atoms. The van der Waals surface area contributed by atoms with E-state index in [0.29, 0.717) is 23.0 Å². The molecule has 0 aromatic heterocycles. The van der Waals surface area contributed by atoms with E-state index < -0.39 is 16.1 Å². The maximum atomic E-state index is 12.8. The zero-order chi connectivity index (χ0) is 22.7. The van der Waals surface area contributed by atoms with Crippen molar-refractivity contribution in [2.45, 2.75) is 19.2 Å². The monoisotopic (exact) mass is 479 g/mol. The van der Waals surface area contributed by atoms with Crippen molar-refractivity contribution in [1.29, 1.82) is 0 Å². The highest BCUT2D eigenvalue weighted by atomic mass is 35.5. The molecule has 1 saturated heterocycles. The molecule has 2 aliphatic rings. The summed E-state index contributed by atoms with van der Waals surface area (Å²) in [5.74, 6) is -0.0726. The van der Waals surface area contributed by atoms with Gasteiger partial charge in [-0.25, -0.2) is 8.42 Å². The van der Waals surface area contributed by atoms with Gasteiger partial charge in [0.15, 0.2) is 6.10 Å². The Morgan fingerprint density at radius 3 is 2.66 bits per heavy atom. The molecule has 4 rings (SSSR count). The van der Waals surface area contributed by atoms with Gasteiger partial charge in [-0.05, 0) is 29.3 Å². The number of fused-ring (bicyclic) bond motifs is 1. The number of anilines is 1.